The van der Waals surface area contributed by atoms with Crippen molar-refractivity contribution in [2.75, 3.05) is 17.8 Å². The van der Waals surface area contributed by atoms with Gasteiger partial charge in [0.1, 0.15) is 5.75 Å². The number of hydrogen-bond donors (Lipinski definition) is 1. The van der Waals surface area contributed by atoms with Crippen molar-refractivity contribution in [3.63, 3.8) is 0 Å². The molecule has 1 amide bonds. The molecule has 12 heteroatoms. The Morgan fingerprint density at radius 1 is 1.26 bits per heavy atom. The number of nitrogens with zero attached hydrogens (tertiary/aromatic N) is 2. The van der Waals surface area contributed by atoms with Crippen LogP contribution in [-0.2, 0) is 19.7 Å². The Hall–Kier alpha value is -2.99. The molecule has 2 atom stereocenters. The molecule has 182 valence electrons. The zero-order valence-electron chi connectivity index (χ0n) is 18.8. The number of fused-ring (bicyclic) bond motifs is 1. The number of aromatic nitrogens is 2. The van der Waals surface area contributed by atoms with Gasteiger partial charge in [0.05, 0.1) is 28.2 Å². The number of benzene rings is 2. The number of amides is 1. The van der Waals surface area contributed by atoms with E-state index in [1.807, 2.05) is 0 Å². The van der Waals surface area contributed by atoms with Crippen molar-refractivity contribution in [3.05, 3.63) is 48.0 Å². The molecule has 9 nitrogen and oxygen atoms in total. The fourth-order valence-corrected chi connectivity index (χ4v) is 6.92. The first-order valence-electron chi connectivity index (χ1n) is 10.4. The van der Waals surface area contributed by atoms with Crippen molar-refractivity contribution in [2.45, 2.75) is 37.2 Å². The second kappa shape index (κ2) is 8.35. The molecular weight excluding hydrogens is 485 g/mol. The van der Waals surface area contributed by atoms with E-state index in [1.54, 1.807) is 31.2 Å². The van der Waals surface area contributed by atoms with Gasteiger partial charge in [0, 0.05) is 30.2 Å². The number of halogens is 1. The Morgan fingerprint density at radius 2 is 2.00 bits per heavy atom. The highest BCUT2D eigenvalue weighted by molar-refractivity contribution is 7.91. The summed E-state index contributed by atoms with van der Waals surface area (Å²) in [6, 6.07) is 10.9. The normalized spacial score (nSPS) is 20.8. The van der Waals surface area contributed by atoms with Gasteiger partial charge in [-0.3, -0.25) is 4.79 Å². The number of carbonyl (C=O) groups is 1. The molecule has 1 saturated heterocycles. The fourth-order valence-electron chi connectivity index (χ4n) is 4.03. The van der Waals surface area contributed by atoms with Gasteiger partial charge in [-0.2, -0.15) is 5.10 Å². The first-order valence-corrected chi connectivity index (χ1v) is 14.1. The number of hydrogen-bond acceptors (Lipinski definition) is 7. The van der Waals surface area contributed by atoms with Crippen molar-refractivity contribution in [2.24, 2.45) is 0 Å². The minimum atomic E-state index is -3.77. The highest BCUT2D eigenvalue weighted by atomic mass is 32.2. The molecule has 1 aromatic heterocycles. The lowest BCUT2D eigenvalue weighted by Gasteiger charge is -2.23. The molecular formula is C22H24FN3O6S2. The van der Waals surface area contributed by atoms with Crippen molar-refractivity contribution in [1.82, 2.24) is 15.1 Å². The summed E-state index contributed by atoms with van der Waals surface area (Å²) in [7, 11) is -6.99. The maximum atomic E-state index is 13.3. The standard InChI is InChI=1S/C22H24FN3O6S2/c1-14(23)32-17-6-4-5-16(12-17)26-19-8-7-15(11-18(19)21(25-26)33(3,28)29)20(27)24-22(2)9-10-34(30,31)13-22/h4-8,11-12,14H,9-10,13H2,1-3H3,(H,24,27). The minimum Gasteiger partial charge on any atom is -0.461 e. The molecule has 2 heterocycles. The lowest BCUT2D eigenvalue weighted by molar-refractivity contribution is 0.0859. The minimum absolute atomic E-state index is 0.00221. The van der Waals surface area contributed by atoms with Gasteiger partial charge in [0.25, 0.3) is 5.91 Å². The van der Waals surface area contributed by atoms with Crippen LogP contribution >= 0.6 is 0 Å². The van der Waals surface area contributed by atoms with E-state index >= 15 is 0 Å². The summed E-state index contributed by atoms with van der Waals surface area (Å²) in [6.45, 7) is 2.91. The number of alkyl halides is 1. The van der Waals surface area contributed by atoms with E-state index in [-0.39, 0.29) is 33.2 Å². The average Bonchev–Trinajstić information content (AvgIpc) is 3.23. The third-order valence-corrected chi connectivity index (χ3v) is 8.45. The highest BCUT2D eigenvalue weighted by Crippen LogP contribution is 2.29. The Kier molecular flexibility index (Phi) is 5.93. The summed E-state index contributed by atoms with van der Waals surface area (Å²) in [4.78, 5) is 12.9. The lowest BCUT2D eigenvalue weighted by Crippen LogP contribution is -2.46. The van der Waals surface area contributed by atoms with Crippen molar-refractivity contribution < 1.29 is 30.8 Å². The molecule has 3 aromatic rings. The first-order chi connectivity index (χ1) is 15.8. The van der Waals surface area contributed by atoms with E-state index < -0.39 is 37.5 Å². The van der Waals surface area contributed by atoms with Crippen LogP contribution in [0.2, 0.25) is 0 Å². The van der Waals surface area contributed by atoms with E-state index in [1.165, 1.54) is 29.8 Å². The van der Waals surface area contributed by atoms with Crippen LogP contribution in [0.4, 0.5) is 4.39 Å². The van der Waals surface area contributed by atoms with Crippen molar-refractivity contribution in [3.8, 4) is 11.4 Å². The average molecular weight is 510 g/mol. The third-order valence-electron chi connectivity index (χ3n) is 5.54. The van der Waals surface area contributed by atoms with Gasteiger partial charge < -0.3 is 10.1 Å². The van der Waals surface area contributed by atoms with E-state index in [2.05, 4.69) is 10.4 Å². The molecule has 2 unspecified atom stereocenters. The molecule has 0 radical (unpaired) electrons. The molecule has 2 aromatic carbocycles. The number of sulfone groups is 2. The molecule has 0 spiro atoms. The van der Waals surface area contributed by atoms with Crippen LogP contribution in [0.5, 0.6) is 5.75 Å². The predicted molar refractivity (Wildman–Crippen MR) is 125 cm³/mol. The zero-order valence-corrected chi connectivity index (χ0v) is 20.4. The smallest absolute Gasteiger partial charge is 0.251 e. The van der Waals surface area contributed by atoms with Gasteiger partial charge in [-0.25, -0.2) is 25.9 Å². The summed E-state index contributed by atoms with van der Waals surface area (Å²) < 4.78 is 68.4. The van der Waals surface area contributed by atoms with Gasteiger partial charge >= 0.3 is 0 Å². The molecule has 1 N–H and O–H groups in total. The van der Waals surface area contributed by atoms with Gasteiger partial charge in [-0.1, -0.05) is 6.07 Å². The number of carbonyl (C=O) groups excluding carboxylic acids is 1. The van der Waals surface area contributed by atoms with E-state index in [4.69, 9.17) is 4.74 Å². The van der Waals surface area contributed by atoms with Crippen LogP contribution in [0.3, 0.4) is 0 Å². The quantitative estimate of drug-likeness (QED) is 0.541. The maximum Gasteiger partial charge on any atom is 0.251 e. The first kappa shape index (κ1) is 24.1. The third kappa shape index (κ3) is 4.92. The highest BCUT2D eigenvalue weighted by Gasteiger charge is 2.39. The summed E-state index contributed by atoms with van der Waals surface area (Å²) in [5, 5.41) is 7.02. The Labute approximate surface area is 196 Å². The van der Waals surface area contributed by atoms with E-state index in [0.717, 1.165) is 6.26 Å². The second-order valence-corrected chi connectivity index (χ2v) is 12.9. The number of nitrogens with one attached hydrogen (secondary N) is 1. The van der Waals surface area contributed by atoms with Gasteiger partial charge in [0.15, 0.2) is 24.7 Å². The van der Waals surface area contributed by atoms with Crippen LogP contribution in [0, 0.1) is 0 Å². The van der Waals surface area contributed by atoms with Gasteiger partial charge in [-0.05, 0) is 43.7 Å². The van der Waals surface area contributed by atoms with Gasteiger partial charge in [-0.15, -0.1) is 0 Å². The van der Waals surface area contributed by atoms with Crippen LogP contribution < -0.4 is 10.1 Å². The van der Waals surface area contributed by atoms with Crippen molar-refractivity contribution >= 4 is 36.5 Å². The molecule has 0 saturated carbocycles. The summed E-state index contributed by atoms with van der Waals surface area (Å²) >= 11 is 0. The maximum absolute atomic E-state index is 13.3. The summed E-state index contributed by atoms with van der Waals surface area (Å²) in [5.41, 5.74) is 0.129. The van der Waals surface area contributed by atoms with Crippen molar-refractivity contribution in [1.29, 1.82) is 0 Å². The molecule has 0 bridgehead atoms. The SMILES string of the molecule is CC(F)Oc1cccc(-n2nc(S(C)(=O)=O)c3cc(C(=O)NC4(C)CCS(=O)(=O)C4)ccc32)c1. The predicted octanol–water partition coefficient (Wildman–Crippen LogP) is 2.43. The molecule has 34 heavy (non-hydrogen) atoms. The summed E-state index contributed by atoms with van der Waals surface area (Å²) in [5.74, 6) is -0.428. The molecule has 1 fully saturated rings. The Bertz CT molecular complexity index is 1500. The number of rotatable bonds is 6. The lowest BCUT2D eigenvalue weighted by atomic mass is 10.0. The topological polar surface area (TPSA) is 124 Å². The van der Waals surface area contributed by atoms with Crippen LogP contribution in [0.25, 0.3) is 16.6 Å². The van der Waals surface area contributed by atoms with Crippen LogP contribution in [0.15, 0.2) is 47.5 Å². The molecule has 4 rings (SSSR count). The largest absolute Gasteiger partial charge is 0.461 e. The van der Waals surface area contributed by atoms with Crippen LogP contribution in [-0.4, -0.2) is 62.2 Å². The molecule has 1 aliphatic rings. The zero-order chi connectivity index (χ0) is 24.9. The summed E-state index contributed by atoms with van der Waals surface area (Å²) in [6.07, 6.45) is -0.222. The molecule has 1 aliphatic heterocycles. The van der Waals surface area contributed by atoms with E-state index in [0.29, 0.717) is 17.6 Å². The van der Waals surface area contributed by atoms with E-state index in [9.17, 15) is 26.0 Å². The molecule has 0 aliphatic carbocycles. The fraction of sp³-hybridized carbons (Fsp3) is 0.364. The Morgan fingerprint density at radius 3 is 2.62 bits per heavy atom. The second-order valence-electron chi connectivity index (χ2n) is 8.74. The monoisotopic (exact) mass is 509 g/mol. The van der Waals surface area contributed by atoms with Crippen LogP contribution in [0.1, 0.15) is 30.6 Å². The number of ether oxygens (including phenoxy) is 1. The van der Waals surface area contributed by atoms with Gasteiger partial charge in [0.2, 0.25) is 6.36 Å². The Balaban J connectivity index is 1.77.